The summed E-state index contributed by atoms with van der Waals surface area (Å²) in [5.41, 5.74) is 0. The molecule has 1 aromatic heterocycles. The molecule has 2 heterocycles. The number of aromatic nitrogens is 2. The average Bonchev–Trinajstić information content (AvgIpc) is 2.98. The maximum absolute atomic E-state index is 12.5. The molecule has 1 aromatic rings. The predicted octanol–water partition coefficient (Wildman–Crippen LogP) is 0.119. The maximum Gasteiger partial charge on any atom is 0.246 e. The highest BCUT2D eigenvalue weighted by molar-refractivity contribution is 5.88. The zero-order chi connectivity index (χ0) is 18.6. The third-order valence-electron chi connectivity index (χ3n) is 4.58. The summed E-state index contributed by atoms with van der Waals surface area (Å²) >= 11 is 0. The first-order chi connectivity index (χ1) is 11.8. The Bertz CT molecular complexity index is 640. The fraction of sp³-hybridized carbons (Fsp3) is 0.647. The first-order valence-electron chi connectivity index (χ1n) is 8.55. The third kappa shape index (κ3) is 4.58. The van der Waals surface area contributed by atoms with E-state index >= 15 is 0 Å². The molecule has 0 radical (unpaired) electrons. The van der Waals surface area contributed by atoms with Crippen LogP contribution >= 0.6 is 0 Å². The highest BCUT2D eigenvalue weighted by atomic mass is 16.2. The summed E-state index contributed by atoms with van der Waals surface area (Å²) in [5.74, 6) is 0.668. The number of nitrogens with zero attached hydrogens (tertiary/aromatic N) is 5. The van der Waals surface area contributed by atoms with Gasteiger partial charge in [0.25, 0.3) is 0 Å². The van der Waals surface area contributed by atoms with Crippen LogP contribution in [-0.4, -0.2) is 81.7 Å². The smallest absolute Gasteiger partial charge is 0.246 e. The molecule has 0 aliphatic carbocycles. The van der Waals surface area contributed by atoms with Crippen molar-refractivity contribution in [2.75, 3.05) is 33.7 Å². The lowest BCUT2D eigenvalue weighted by atomic mass is 10.1. The van der Waals surface area contributed by atoms with Crippen molar-refractivity contribution in [3.8, 4) is 0 Å². The number of rotatable bonds is 5. The first kappa shape index (κ1) is 19.0. The monoisotopic (exact) mass is 349 g/mol. The van der Waals surface area contributed by atoms with E-state index in [1.165, 1.54) is 11.8 Å². The number of carbonyl (C=O) groups is 3. The summed E-state index contributed by atoms with van der Waals surface area (Å²) in [6.45, 7) is 5.26. The van der Waals surface area contributed by atoms with Gasteiger partial charge in [-0.2, -0.15) is 0 Å². The molecule has 0 unspecified atom stereocenters. The molecule has 3 amide bonds. The van der Waals surface area contributed by atoms with Crippen molar-refractivity contribution in [2.24, 2.45) is 0 Å². The molecule has 0 N–H and O–H groups in total. The van der Waals surface area contributed by atoms with E-state index in [0.29, 0.717) is 19.5 Å². The minimum Gasteiger partial charge on any atom is -0.347 e. The summed E-state index contributed by atoms with van der Waals surface area (Å²) < 4.78 is 2.01. The lowest BCUT2D eigenvalue weighted by molar-refractivity contribution is -0.150. The van der Waals surface area contributed by atoms with E-state index in [0.717, 1.165) is 18.8 Å². The highest BCUT2D eigenvalue weighted by Gasteiger charge is 2.36. The van der Waals surface area contributed by atoms with E-state index in [4.69, 9.17) is 0 Å². The van der Waals surface area contributed by atoms with E-state index < -0.39 is 6.04 Å². The molecule has 1 atom stereocenters. The minimum absolute atomic E-state index is 0.0255. The molecule has 1 aliphatic rings. The van der Waals surface area contributed by atoms with E-state index in [-0.39, 0.29) is 24.3 Å². The second kappa shape index (κ2) is 8.13. The van der Waals surface area contributed by atoms with Gasteiger partial charge in [0, 0.05) is 59.5 Å². The van der Waals surface area contributed by atoms with Crippen molar-refractivity contribution in [3.63, 3.8) is 0 Å². The van der Waals surface area contributed by atoms with Gasteiger partial charge in [0.15, 0.2) is 0 Å². The summed E-state index contributed by atoms with van der Waals surface area (Å²) in [6.07, 6.45) is 4.78. The molecular formula is C17H27N5O3. The Kier molecular flexibility index (Phi) is 6.17. The summed E-state index contributed by atoms with van der Waals surface area (Å²) in [5, 5.41) is 0. The van der Waals surface area contributed by atoms with Crippen LogP contribution in [0.15, 0.2) is 12.4 Å². The summed E-state index contributed by atoms with van der Waals surface area (Å²) in [6, 6.07) is -0.596. The number of amides is 3. The van der Waals surface area contributed by atoms with Gasteiger partial charge < -0.3 is 19.3 Å². The Balaban J connectivity index is 1.92. The Morgan fingerprint density at radius 1 is 1.28 bits per heavy atom. The SMILES string of the molecule is CC(=O)N1CCN(C(=O)CCCn2ccnc2C)C[C@@H]1C(=O)N(C)C. The van der Waals surface area contributed by atoms with Crippen LogP contribution in [0.2, 0.25) is 0 Å². The highest BCUT2D eigenvalue weighted by Crippen LogP contribution is 2.14. The summed E-state index contributed by atoms with van der Waals surface area (Å²) in [7, 11) is 3.32. The first-order valence-corrected chi connectivity index (χ1v) is 8.55. The normalized spacial score (nSPS) is 17.5. The van der Waals surface area contributed by atoms with E-state index in [9.17, 15) is 14.4 Å². The van der Waals surface area contributed by atoms with Crippen LogP contribution in [0.4, 0.5) is 0 Å². The number of imidazole rings is 1. The lowest BCUT2D eigenvalue weighted by Gasteiger charge is -2.41. The molecule has 0 bridgehead atoms. The molecule has 8 heteroatoms. The predicted molar refractivity (Wildman–Crippen MR) is 92.6 cm³/mol. The van der Waals surface area contributed by atoms with Crippen LogP contribution in [0.5, 0.6) is 0 Å². The quantitative estimate of drug-likeness (QED) is 0.756. The van der Waals surface area contributed by atoms with Gasteiger partial charge in [0.2, 0.25) is 17.7 Å². The second-order valence-electron chi connectivity index (χ2n) is 6.57. The average molecular weight is 349 g/mol. The van der Waals surface area contributed by atoms with Crippen molar-refractivity contribution in [1.82, 2.24) is 24.3 Å². The van der Waals surface area contributed by atoms with Crippen molar-refractivity contribution in [3.05, 3.63) is 18.2 Å². The molecule has 1 fully saturated rings. The van der Waals surface area contributed by atoms with E-state index in [1.54, 1.807) is 30.1 Å². The van der Waals surface area contributed by atoms with Gasteiger partial charge in [-0.05, 0) is 13.3 Å². The number of aryl methyl sites for hydroxylation is 2. The van der Waals surface area contributed by atoms with Crippen LogP contribution in [0, 0.1) is 6.92 Å². The van der Waals surface area contributed by atoms with Gasteiger partial charge in [-0.25, -0.2) is 4.98 Å². The van der Waals surface area contributed by atoms with E-state index in [1.807, 2.05) is 17.7 Å². The molecule has 8 nitrogen and oxygen atoms in total. The van der Waals surface area contributed by atoms with Crippen LogP contribution in [-0.2, 0) is 20.9 Å². The van der Waals surface area contributed by atoms with Crippen LogP contribution in [0.25, 0.3) is 0 Å². The molecular weight excluding hydrogens is 322 g/mol. The van der Waals surface area contributed by atoms with Crippen molar-refractivity contribution in [2.45, 2.75) is 39.3 Å². The van der Waals surface area contributed by atoms with Gasteiger partial charge >= 0.3 is 0 Å². The Morgan fingerprint density at radius 3 is 2.56 bits per heavy atom. The minimum atomic E-state index is -0.596. The van der Waals surface area contributed by atoms with E-state index in [2.05, 4.69) is 4.98 Å². The molecule has 2 rings (SSSR count). The number of hydrogen-bond donors (Lipinski definition) is 0. The maximum atomic E-state index is 12.5. The van der Waals surface area contributed by atoms with Crippen molar-refractivity contribution >= 4 is 17.7 Å². The fourth-order valence-electron chi connectivity index (χ4n) is 3.09. The largest absolute Gasteiger partial charge is 0.347 e. The molecule has 0 spiro atoms. The molecule has 25 heavy (non-hydrogen) atoms. The number of likely N-dealkylation sites (N-methyl/N-ethyl adjacent to an activating group) is 1. The van der Waals surface area contributed by atoms with Gasteiger partial charge in [-0.15, -0.1) is 0 Å². The molecule has 0 aromatic carbocycles. The zero-order valence-electron chi connectivity index (χ0n) is 15.4. The fourth-order valence-corrected chi connectivity index (χ4v) is 3.09. The second-order valence-corrected chi connectivity index (χ2v) is 6.57. The van der Waals surface area contributed by atoms with Gasteiger partial charge in [0.1, 0.15) is 11.9 Å². The Labute approximate surface area is 148 Å². The summed E-state index contributed by atoms with van der Waals surface area (Å²) in [4.78, 5) is 45.6. The van der Waals surface area contributed by atoms with Crippen LogP contribution in [0.3, 0.4) is 0 Å². The lowest BCUT2D eigenvalue weighted by Crippen LogP contribution is -2.61. The molecule has 1 aliphatic heterocycles. The van der Waals surface area contributed by atoms with Crippen molar-refractivity contribution < 1.29 is 14.4 Å². The Hall–Kier alpha value is -2.38. The van der Waals surface area contributed by atoms with Gasteiger partial charge in [-0.3, -0.25) is 14.4 Å². The van der Waals surface area contributed by atoms with Gasteiger partial charge in [0.05, 0.1) is 6.54 Å². The molecule has 1 saturated heterocycles. The molecule has 0 saturated carbocycles. The van der Waals surface area contributed by atoms with Gasteiger partial charge in [-0.1, -0.05) is 0 Å². The Morgan fingerprint density at radius 2 is 2.00 bits per heavy atom. The van der Waals surface area contributed by atoms with Crippen LogP contribution in [0.1, 0.15) is 25.6 Å². The molecule has 138 valence electrons. The third-order valence-corrected chi connectivity index (χ3v) is 4.58. The number of hydrogen-bond acceptors (Lipinski definition) is 4. The van der Waals surface area contributed by atoms with Crippen molar-refractivity contribution in [1.29, 1.82) is 0 Å². The van der Waals surface area contributed by atoms with Crippen LogP contribution < -0.4 is 0 Å². The topological polar surface area (TPSA) is 78.8 Å². The zero-order valence-corrected chi connectivity index (χ0v) is 15.4. The standard InChI is InChI=1S/C17H27N5O3/c1-13-18-7-9-20(13)8-5-6-16(24)21-10-11-22(14(2)23)15(12-21)17(25)19(3)4/h7,9,15H,5-6,8,10-12H2,1-4H3/t15-/m1/s1. The number of carbonyl (C=O) groups excluding carboxylic acids is 3. The number of piperazine rings is 1.